The Morgan fingerprint density at radius 3 is 2.23 bits per heavy atom. The van der Waals surface area contributed by atoms with Gasteiger partial charge in [-0.05, 0) is 36.4 Å². The van der Waals surface area contributed by atoms with Crippen LogP contribution < -0.4 is 10.6 Å². The van der Waals surface area contributed by atoms with Crippen molar-refractivity contribution in [3.05, 3.63) is 59.7 Å². The van der Waals surface area contributed by atoms with Gasteiger partial charge in [-0.2, -0.15) is 13.2 Å². The molecule has 0 heterocycles. The number of ether oxygens (including phenoxy) is 1. The highest BCUT2D eigenvalue weighted by molar-refractivity contribution is 7.91. The van der Waals surface area contributed by atoms with E-state index in [4.69, 9.17) is 4.74 Å². The topological polar surface area (TPSA) is 102 Å². The molecule has 0 unspecified atom stereocenters. The Morgan fingerprint density at radius 1 is 1.00 bits per heavy atom. The van der Waals surface area contributed by atoms with Crippen molar-refractivity contribution in [3.63, 3.8) is 0 Å². The van der Waals surface area contributed by atoms with Crippen molar-refractivity contribution in [1.29, 1.82) is 0 Å². The minimum atomic E-state index is -4.57. The predicted octanol–water partition coefficient (Wildman–Crippen LogP) is 2.65. The molecule has 2 aromatic carbocycles. The fourth-order valence-corrected chi connectivity index (χ4v) is 3.56. The Morgan fingerprint density at radius 2 is 1.63 bits per heavy atom. The van der Waals surface area contributed by atoms with Crippen LogP contribution >= 0.6 is 0 Å². The van der Waals surface area contributed by atoms with Crippen molar-refractivity contribution in [3.8, 4) is 0 Å². The molecule has 0 aliphatic heterocycles. The summed E-state index contributed by atoms with van der Waals surface area (Å²) >= 11 is 0. The number of amides is 2. The minimum absolute atomic E-state index is 0.0129. The van der Waals surface area contributed by atoms with Crippen molar-refractivity contribution in [2.24, 2.45) is 0 Å². The van der Waals surface area contributed by atoms with E-state index < -0.39 is 34.4 Å². The summed E-state index contributed by atoms with van der Waals surface area (Å²) in [6.07, 6.45) is -4.57. The van der Waals surface area contributed by atoms with Gasteiger partial charge < -0.3 is 15.4 Å². The molecular formula is C19H19F3N2O5S. The fourth-order valence-electron chi connectivity index (χ4n) is 2.38. The lowest BCUT2D eigenvalue weighted by molar-refractivity contribution is -0.123. The normalized spacial score (nSPS) is 11.7. The van der Waals surface area contributed by atoms with Crippen LogP contribution in [-0.2, 0) is 14.6 Å². The first kappa shape index (κ1) is 23.4. The Hall–Kier alpha value is -2.92. The van der Waals surface area contributed by atoms with Crippen molar-refractivity contribution >= 4 is 27.3 Å². The predicted molar refractivity (Wildman–Crippen MR) is 103 cm³/mol. The molecule has 30 heavy (non-hydrogen) atoms. The second-order valence-corrected chi connectivity index (χ2v) is 8.24. The van der Waals surface area contributed by atoms with Crippen molar-refractivity contribution in [2.45, 2.75) is 11.1 Å². The van der Waals surface area contributed by atoms with E-state index in [1.54, 1.807) is 5.32 Å². The van der Waals surface area contributed by atoms with Gasteiger partial charge in [-0.1, -0.05) is 12.1 Å². The second kappa shape index (κ2) is 9.72. The molecule has 0 atom stereocenters. The van der Waals surface area contributed by atoms with Gasteiger partial charge in [0.15, 0.2) is 9.84 Å². The molecule has 0 radical (unpaired) electrons. The van der Waals surface area contributed by atoms with Crippen LogP contribution in [0.3, 0.4) is 0 Å². The first-order valence-corrected chi connectivity index (χ1v) is 10.3. The summed E-state index contributed by atoms with van der Waals surface area (Å²) in [7, 11) is -2.18. The third kappa shape index (κ3) is 6.56. The Bertz CT molecular complexity index is 1010. The largest absolute Gasteiger partial charge is 0.405 e. The van der Waals surface area contributed by atoms with Gasteiger partial charge in [0.1, 0.15) is 6.54 Å². The number of nitrogens with one attached hydrogen (secondary N) is 2. The molecule has 2 aromatic rings. The molecule has 0 saturated heterocycles. The lowest BCUT2D eigenvalue weighted by Gasteiger charge is -2.13. The molecule has 7 nitrogen and oxygen atoms in total. The fraction of sp³-hybridized carbons (Fsp3) is 0.263. The van der Waals surface area contributed by atoms with E-state index in [0.29, 0.717) is 0 Å². The van der Waals surface area contributed by atoms with Crippen molar-refractivity contribution < 1.29 is 35.9 Å². The summed E-state index contributed by atoms with van der Waals surface area (Å²) in [6.45, 7) is -1.48. The third-order valence-corrected chi connectivity index (χ3v) is 5.60. The molecule has 2 amide bonds. The van der Waals surface area contributed by atoms with E-state index in [9.17, 15) is 31.2 Å². The summed E-state index contributed by atoms with van der Waals surface area (Å²) in [5.74, 6) is -1.87. The molecule has 0 aliphatic rings. The maximum atomic E-state index is 12.4. The molecule has 0 aromatic heterocycles. The molecule has 0 spiro atoms. The molecule has 2 rings (SSSR count). The maximum Gasteiger partial charge on any atom is 0.405 e. The SMILES string of the molecule is COCCS(=O)(=O)c1ccc(C(=O)Nc2ccccc2C(=O)NCC(F)(F)F)cc1. The lowest BCUT2D eigenvalue weighted by Crippen LogP contribution is -2.34. The van der Waals surface area contributed by atoms with Gasteiger partial charge in [0.05, 0.1) is 28.5 Å². The average Bonchev–Trinajstić information content (AvgIpc) is 2.70. The Labute approximate surface area is 171 Å². The van der Waals surface area contributed by atoms with Gasteiger partial charge in [0, 0.05) is 12.7 Å². The molecular weight excluding hydrogens is 425 g/mol. The van der Waals surface area contributed by atoms with Crippen LogP contribution in [0.25, 0.3) is 0 Å². The summed E-state index contributed by atoms with van der Waals surface area (Å²) in [4.78, 5) is 24.5. The van der Waals surface area contributed by atoms with Gasteiger partial charge in [-0.25, -0.2) is 8.42 Å². The zero-order valence-corrected chi connectivity index (χ0v) is 16.6. The van der Waals surface area contributed by atoms with E-state index in [-0.39, 0.29) is 34.1 Å². The molecule has 162 valence electrons. The first-order valence-electron chi connectivity index (χ1n) is 8.60. The van der Waals surface area contributed by atoms with Crippen LogP contribution in [0.5, 0.6) is 0 Å². The van der Waals surface area contributed by atoms with Crippen molar-refractivity contribution in [2.75, 3.05) is 31.3 Å². The van der Waals surface area contributed by atoms with Crippen LogP contribution in [0, 0.1) is 0 Å². The van der Waals surface area contributed by atoms with E-state index in [0.717, 1.165) is 0 Å². The number of carbonyl (C=O) groups excluding carboxylic acids is 2. The number of para-hydroxylation sites is 1. The van der Waals surface area contributed by atoms with Crippen LogP contribution in [0.4, 0.5) is 18.9 Å². The van der Waals surface area contributed by atoms with E-state index in [2.05, 4.69) is 5.32 Å². The van der Waals surface area contributed by atoms with Gasteiger partial charge >= 0.3 is 6.18 Å². The zero-order valence-electron chi connectivity index (χ0n) is 15.8. The standard InChI is InChI=1S/C19H19F3N2O5S/c1-29-10-11-30(27,28)14-8-6-13(7-9-14)17(25)24-16-5-3-2-4-15(16)18(26)23-12-19(20,21)22/h2-9H,10-12H2,1H3,(H,23,26)(H,24,25). The number of halogens is 3. The number of sulfone groups is 1. The highest BCUT2D eigenvalue weighted by Gasteiger charge is 2.28. The molecule has 11 heteroatoms. The van der Waals surface area contributed by atoms with Crippen LogP contribution in [0.15, 0.2) is 53.4 Å². The monoisotopic (exact) mass is 444 g/mol. The number of hydrogen-bond donors (Lipinski definition) is 2. The number of carbonyl (C=O) groups is 2. The highest BCUT2D eigenvalue weighted by atomic mass is 32.2. The Kier molecular flexibility index (Phi) is 7.57. The first-order chi connectivity index (χ1) is 14.0. The third-order valence-electron chi connectivity index (χ3n) is 3.90. The number of rotatable bonds is 8. The van der Waals surface area contributed by atoms with Gasteiger partial charge in [0.25, 0.3) is 11.8 Å². The lowest BCUT2D eigenvalue weighted by atomic mass is 10.1. The summed E-state index contributed by atoms with van der Waals surface area (Å²) < 4.78 is 65.9. The summed E-state index contributed by atoms with van der Waals surface area (Å²) in [5.41, 5.74) is -0.0287. The number of anilines is 1. The molecule has 2 N–H and O–H groups in total. The molecule has 0 saturated carbocycles. The highest BCUT2D eigenvalue weighted by Crippen LogP contribution is 2.19. The van der Waals surface area contributed by atoms with E-state index in [1.807, 2.05) is 0 Å². The number of benzene rings is 2. The summed E-state index contributed by atoms with van der Waals surface area (Å²) in [6, 6.07) is 10.7. The van der Waals surface area contributed by atoms with Crippen molar-refractivity contribution in [1.82, 2.24) is 5.32 Å². The molecule has 0 aliphatic carbocycles. The minimum Gasteiger partial charge on any atom is -0.384 e. The number of methoxy groups -OCH3 is 1. The second-order valence-electron chi connectivity index (χ2n) is 6.13. The average molecular weight is 444 g/mol. The molecule has 0 bridgehead atoms. The van der Waals surface area contributed by atoms with Gasteiger partial charge in [0.2, 0.25) is 0 Å². The van der Waals surface area contributed by atoms with E-state index >= 15 is 0 Å². The smallest absolute Gasteiger partial charge is 0.384 e. The van der Waals surface area contributed by atoms with Crippen LogP contribution in [0.2, 0.25) is 0 Å². The van der Waals surface area contributed by atoms with Crippen LogP contribution in [-0.4, -0.2) is 52.4 Å². The zero-order chi connectivity index (χ0) is 22.4. The molecule has 0 fully saturated rings. The van der Waals surface area contributed by atoms with Crippen LogP contribution in [0.1, 0.15) is 20.7 Å². The van der Waals surface area contributed by atoms with E-state index in [1.165, 1.54) is 55.6 Å². The maximum absolute atomic E-state index is 12.4. The number of alkyl halides is 3. The Balaban J connectivity index is 2.14. The quantitative estimate of drug-likeness (QED) is 0.652. The number of hydrogen-bond acceptors (Lipinski definition) is 5. The summed E-state index contributed by atoms with van der Waals surface area (Å²) in [5, 5.41) is 4.19. The van der Waals surface area contributed by atoms with Gasteiger partial charge in [-0.15, -0.1) is 0 Å². The van der Waals surface area contributed by atoms with Gasteiger partial charge in [-0.3, -0.25) is 9.59 Å².